The van der Waals surface area contributed by atoms with Crippen LogP contribution in [0.5, 0.6) is 0 Å². The number of hydrogen-bond acceptors (Lipinski definition) is 4. The lowest BCUT2D eigenvalue weighted by atomic mass is 10.2. The van der Waals surface area contributed by atoms with Gasteiger partial charge in [0.2, 0.25) is 5.89 Å². The molecule has 1 aromatic heterocycles. The molecule has 0 spiro atoms. The topological polar surface area (TPSA) is 43.1 Å². The maximum atomic E-state index is 10.7. The van der Waals surface area contributed by atoms with Gasteiger partial charge in [0, 0.05) is 11.5 Å². The highest BCUT2D eigenvalue weighted by Crippen LogP contribution is 2.05. The van der Waals surface area contributed by atoms with Crippen molar-refractivity contribution >= 4 is 11.5 Å². The lowest BCUT2D eigenvalue weighted by Crippen LogP contribution is -1.88. The summed E-state index contributed by atoms with van der Waals surface area (Å²) in [6.07, 6.45) is 0.583. The summed E-state index contributed by atoms with van der Waals surface area (Å²) in [5, 5.41) is 0. The van der Waals surface area contributed by atoms with E-state index >= 15 is 0 Å². The van der Waals surface area contributed by atoms with Crippen LogP contribution in [-0.2, 0) is 6.42 Å². The van der Waals surface area contributed by atoms with Crippen molar-refractivity contribution in [1.29, 1.82) is 0 Å². The van der Waals surface area contributed by atoms with Crippen molar-refractivity contribution in [3.63, 3.8) is 0 Å². The van der Waals surface area contributed by atoms with E-state index in [0.717, 1.165) is 17.1 Å². The molecule has 0 unspecified atom stereocenters. The molecule has 0 aliphatic carbocycles. The van der Waals surface area contributed by atoms with Crippen LogP contribution in [0.2, 0.25) is 0 Å². The minimum absolute atomic E-state index is 0.342. The normalized spacial score (nSPS) is 10.2. The molecule has 0 aliphatic rings. The van der Waals surface area contributed by atoms with Crippen LogP contribution in [0.1, 0.15) is 11.5 Å². The molecule has 4 heteroatoms. The standard InChI is InChI=1S/C9H7NO2S/c11-9-12-8(10-13-9)6-7-4-2-1-3-5-7/h1-5H,6H2. The van der Waals surface area contributed by atoms with E-state index in [-0.39, 0.29) is 4.94 Å². The number of benzene rings is 1. The average molecular weight is 193 g/mol. The van der Waals surface area contributed by atoms with Gasteiger partial charge < -0.3 is 4.42 Å². The Hall–Kier alpha value is -1.42. The van der Waals surface area contributed by atoms with Crippen LogP contribution in [0.4, 0.5) is 0 Å². The molecule has 0 radical (unpaired) electrons. The van der Waals surface area contributed by atoms with E-state index in [1.54, 1.807) is 0 Å². The van der Waals surface area contributed by atoms with Crippen LogP contribution in [-0.4, -0.2) is 4.37 Å². The number of hydrogen-bond donors (Lipinski definition) is 0. The zero-order chi connectivity index (χ0) is 9.10. The molecule has 0 N–H and O–H groups in total. The monoisotopic (exact) mass is 193 g/mol. The van der Waals surface area contributed by atoms with Gasteiger partial charge in [0.15, 0.2) is 0 Å². The highest BCUT2D eigenvalue weighted by Gasteiger charge is 2.02. The highest BCUT2D eigenvalue weighted by molar-refractivity contribution is 7.02. The Morgan fingerprint density at radius 1 is 1.31 bits per heavy atom. The van der Waals surface area contributed by atoms with Gasteiger partial charge in [-0.3, -0.25) is 0 Å². The summed E-state index contributed by atoms with van der Waals surface area (Å²) < 4.78 is 8.71. The van der Waals surface area contributed by atoms with Gasteiger partial charge in [0.1, 0.15) is 0 Å². The van der Waals surface area contributed by atoms with E-state index < -0.39 is 0 Å². The first kappa shape index (κ1) is 8.19. The molecule has 0 bridgehead atoms. The fraction of sp³-hybridized carbons (Fsp3) is 0.111. The fourth-order valence-corrected chi connectivity index (χ4v) is 1.47. The summed E-state index contributed by atoms with van der Waals surface area (Å²) >= 11 is 0.851. The van der Waals surface area contributed by atoms with Crippen molar-refractivity contribution in [2.24, 2.45) is 0 Å². The zero-order valence-corrected chi connectivity index (χ0v) is 7.58. The van der Waals surface area contributed by atoms with E-state index in [4.69, 9.17) is 4.42 Å². The molecule has 0 saturated heterocycles. The Kier molecular flexibility index (Phi) is 2.23. The predicted octanol–water partition coefficient (Wildman–Crippen LogP) is 1.69. The molecule has 1 heterocycles. The van der Waals surface area contributed by atoms with E-state index in [2.05, 4.69) is 4.37 Å². The van der Waals surface area contributed by atoms with Crippen LogP contribution >= 0.6 is 11.5 Å². The molecule has 0 atom stereocenters. The molecule has 0 saturated carbocycles. The fourth-order valence-electron chi connectivity index (χ4n) is 1.06. The number of rotatable bonds is 2. The Bertz CT molecular complexity index is 432. The molecular weight excluding hydrogens is 186 g/mol. The molecule has 2 aromatic rings. The highest BCUT2D eigenvalue weighted by atomic mass is 32.1. The molecule has 0 amide bonds. The van der Waals surface area contributed by atoms with Gasteiger partial charge in [-0.25, -0.2) is 4.79 Å². The van der Waals surface area contributed by atoms with Crippen LogP contribution < -0.4 is 4.94 Å². The molecule has 13 heavy (non-hydrogen) atoms. The van der Waals surface area contributed by atoms with Crippen molar-refractivity contribution in [1.82, 2.24) is 4.37 Å². The van der Waals surface area contributed by atoms with Crippen LogP contribution in [0, 0.1) is 0 Å². The summed E-state index contributed by atoms with van der Waals surface area (Å²) in [4.78, 5) is 10.3. The third-order valence-electron chi connectivity index (χ3n) is 1.62. The second-order valence-corrected chi connectivity index (χ2v) is 3.29. The lowest BCUT2D eigenvalue weighted by molar-refractivity contribution is 0.479. The van der Waals surface area contributed by atoms with Crippen molar-refractivity contribution in [3.8, 4) is 0 Å². The first-order chi connectivity index (χ1) is 6.34. The Morgan fingerprint density at radius 2 is 2.08 bits per heavy atom. The Labute approximate surface area is 78.8 Å². The van der Waals surface area contributed by atoms with Gasteiger partial charge >= 0.3 is 4.94 Å². The van der Waals surface area contributed by atoms with Crippen molar-refractivity contribution in [2.75, 3.05) is 0 Å². The number of aromatic nitrogens is 1. The van der Waals surface area contributed by atoms with Gasteiger partial charge in [0.05, 0.1) is 6.42 Å². The molecule has 66 valence electrons. The Morgan fingerprint density at radius 3 is 2.69 bits per heavy atom. The zero-order valence-electron chi connectivity index (χ0n) is 6.77. The average Bonchev–Trinajstić information content (AvgIpc) is 2.53. The largest absolute Gasteiger partial charge is 0.414 e. The second-order valence-electron chi connectivity index (χ2n) is 2.59. The second kappa shape index (κ2) is 3.53. The SMILES string of the molecule is O=c1oc(Cc2ccccc2)ns1. The van der Waals surface area contributed by atoms with Gasteiger partial charge in [-0.1, -0.05) is 30.3 Å². The third-order valence-corrected chi connectivity index (χ3v) is 2.15. The van der Waals surface area contributed by atoms with Crippen molar-refractivity contribution in [3.05, 3.63) is 51.5 Å². The molecule has 3 nitrogen and oxygen atoms in total. The third kappa shape index (κ3) is 2.03. The van der Waals surface area contributed by atoms with E-state index in [0.29, 0.717) is 12.3 Å². The molecule has 2 rings (SSSR count). The Balaban J connectivity index is 2.20. The minimum atomic E-state index is -0.342. The van der Waals surface area contributed by atoms with Gasteiger partial charge in [-0.15, -0.1) is 0 Å². The predicted molar refractivity (Wildman–Crippen MR) is 49.9 cm³/mol. The first-order valence-electron chi connectivity index (χ1n) is 3.84. The first-order valence-corrected chi connectivity index (χ1v) is 4.61. The molecular formula is C9H7NO2S. The summed E-state index contributed by atoms with van der Waals surface area (Å²) in [6, 6.07) is 9.78. The van der Waals surface area contributed by atoms with Gasteiger partial charge in [-0.05, 0) is 5.56 Å². The smallest absolute Gasteiger partial charge is 0.398 e. The van der Waals surface area contributed by atoms with Crippen LogP contribution in [0.3, 0.4) is 0 Å². The maximum absolute atomic E-state index is 10.7. The minimum Gasteiger partial charge on any atom is -0.398 e. The quantitative estimate of drug-likeness (QED) is 0.728. The van der Waals surface area contributed by atoms with Gasteiger partial charge in [0.25, 0.3) is 0 Å². The summed E-state index contributed by atoms with van der Waals surface area (Å²) in [7, 11) is 0. The molecule has 1 aromatic carbocycles. The summed E-state index contributed by atoms with van der Waals surface area (Å²) in [5.41, 5.74) is 1.09. The molecule has 0 fully saturated rings. The van der Waals surface area contributed by atoms with E-state index in [9.17, 15) is 4.79 Å². The number of nitrogens with zero attached hydrogens (tertiary/aromatic N) is 1. The van der Waals surface area contributed by atoms with Gasteiger partial charge in [-0.2, -0.15) is 4.37 Å². The summed E-state index contributed by atoms with van der Waals surface area (Å²) in [5.74, 6) is 0.487. The van der Waals surface area contributed by atoms with Crippen molar-refractivity contribution < 1.29 is 4.42 Å². The van der Waals surface area contributed by atoms with Crippen molar-refractivity contribution in [2.45, 2.75) is 6.42 Å². The van der Waals surface area contributed by atoms with Crippen LogP contribution in [0.25, 0.3) is 0 Å². The van der Waals surface area contributed by atoms with E-state index in [1.165, 1.54) is 0 Å². The lowest BCUT2D eigenvalue weighted by Gasteiger charge is -1.93. The summed E-state index contributed by atoms with van der Waals surface area (Å²) in [6.45, 7) is 0. The maximum Gasteiger partial charge on any atom is 0.414 e. The van der Waals surface area contributed by atoms with Crippen LogP contribution in [0.15, 0.2) is 39.5 Å². The molecule has 0 aliphatic heterocycles. The van der Waals surface area contributed by atoms with E-state index in [1.807, 2.05) is 30.3 Å².